The van der Waals surface area contributed by atoms with Gasteiger partial charge in [0.15, 0.2) is 11.3 Å². The number of hydrogen-bond acceptors (Lipinski definition) is 3. The molecule has 0 unspecified atom stereocenters. The van der Waals surface area contributed by atoms with E-state index in [1.165, 1.54) is 12.5 Å². The number of nitrogens with zero attached hydrogens (tertiary/aromatic N) is 1. The zero-order chi connectivity index (χ0) is 9.42. The third-order valence-electron chi connectivity index (χ3n) is 1.68. The number of pyridine rings is 1. The third-order valence-corrected chi connectivity index (χ3v) is 2.29. The van der Waals surface area contributed by atoms with Gasteiger partial charge in [0.2, 0.25) is 0 Å². The number of carbonyl (C=O) groups is 1. The van der Waals surface area contributed by atoms with Crippen molar-refractivity contribution in [3.63, 3.8) is 0 Å². The van der Waals surface area contributed by atoms with E-state index in [0.717, 1.165) is 9.86 Å². The highest BCUT2D eigenvalue weighted by Gasteiger charge is 2.12. The number of halogens is 1. The SMILES string of the molecule is NC(=O)c1nccc2c(Br)coc12. The Labute approximate surface area is 81.9 Å². The van der Waals surface area contributed by atoms with Crippen LogP contribution in [0.3, 0.4) is 0 Å². The number of hydrogen-bond donors (Lipinski definition) is 1. The molecule has 0 aliphatic carbocycles. The first-order valence-corrected chi connectivity index (χ1v) is 4.31. The number of carbonyl (C=O) groups excluding carboxylic acids is 1. The summed E-state index contributed by atoms with van der Waals surface area (Å²) in [5, 5.41) is 0.795. The predicted octanol–water partition coefficient (Wildman–Crippen LogP) is 1.69. The van der Waals surface area contributed by atoms with Gasteiger partial charge in [0.1, 0.15) is 6.26 Å². The van der Waals surface area contributed by atoms with Crippen molar-refractivity contribution in [1.29, 1.82) is 0 Å². The van der Waals surface area contributed by atoms with E-state index in [9.17, 15) is 4.79 Å². The number of rotatable bonds is 1. The second-order valence-electron chi connectivity index (χ2n) is 2.48. The second kappa shape index (κ2) is 2.85. The van der Waals surface area contributed by atoms with Crippen LogP contribution in [0.1, 0.15) is 10.5 Å². The molecule has 0 spiro atoms. The summed E-state index contributed by atoms with van der Waals surface area (Å²) in [6.07, 6.45) is 3.02. The summed E-state index contributed by atoms with van der Waals surface area (Å²) in [6, 6.07) is 1.75. The molecule has 0 bridgehead atoms. The fourth-order valence-corrected chi connectivity index (χ4v) is 1.51. The Hall–Kier alpha value is -1.36. The average Bonchev–Trinajstić information content (AvgIpc) is 2.48. The highest BCUT2D eigenvalue weighted by molar-refractivity contribution is 9.10. The van der Waals surface area contributed by atoms with E-state index in [2.05, 4.69) is 20.9 Å². The van der Waals surface area contributed by atoms with E-state index in [0.29, 0.717) is 5.58 Å². The molecule has 2 aromatic rings. The van der Waals surface area contributed by atoms with Crippen LogP contribution in [0.15, 0.2) is 27.4 Å². The van der Waals surface area contributed by atoms with Crippen molar-refractivity contribution in [2.24, 2.45) is 5.73 Å². The standard InChI is InChI=1S/C8H5BrN2O2/c9-5-3-13-7-4(5)1-2-11-6(7)8(10)12/h1-3H,(H2,10,12). The van der Waals surface area contributed by atoms with Crippen molar-refractivity contribution < 1.29 is 9.21 Å². The van der Waals surface area contributed by atoms with Crippen LogP contribution in [0, 0.1) is 0 Å². The molecule has 0 aliphatic rings. The summed E-state index contributed by atoms with van der Waals surface area (Å²) >= 11 is 3.28. The minimum absolute atomic E-state index is 0.156. The van der Waals surface area contributed by atoms with Crippen LogP contribution in [0.2, 0.25) is 0 Å². The molecule has 0 fully saturated rings. The molecule has 13 heavy (non-hydrogen) atoms. The quantitative estimate of drug-likeness (QED) is 0.825. The van der Waals surface area contributed by atoms with Gasteiger partial charge >= 0.3 is 0 Å². The Kier molecular flexibility index (Phi) is 1.81. The van der Waals surface area contributed by atoms with Gasteiger partial charge < -0.3 is 10.2 Å². The zero-order valence-corrected chi connectivity index (χ0v) is 8.04. The topological polar surface area (TPSA) is 69.1 Å². The van der Waals surface area contributed by atoms with Crippen LogP contribution in [0.25, 0.3) is 11.0 Å². The molecule has 2 heterocycles. The highest BCUT2D eigenvalue weighted by Crippen LogP contribution is 2.26. The molecule has 4 nitrogen and oxygen atoms in total. The summed E-state index contributed by atoms with van der Waals surface area (Å²) in [5.74, 6) is -0.590. The van der Waals surface area contributed by atoms with Gasteiger partial charge in [-0.2, -0.15) is 0 Å². The van der Waals surface area contributed by atoms with Gasteiger partial charge in [-0.15, -0.1) is 0 Å². The molecular formula is C8H5BrN2O2. The third kappa shape index (κ3) is 1.21. The Morgan fingerprint density at radius 2 is 2.38 bits per heavy atom. The van der Waals surface area contributed by atoms with Crippen molar-refractivity contribution in [1.82, 2.24) is 4.98 Å². The van der Waals surface area contributed by atoms with Crippen molar-refractivity contribution in [3.8, 4) is 0 Å². The molecule has 2 rings (SSSR count). The van der Waals surface area contributed by atoms with Gasteiger partial charge in [-0.3, -0.25) is 4.79 Å². The van der Waals surface area contributed by atoms with Crippen LogP contribution < -0.4 is 5.73 Å². The smallest absolute Gasteiger partial charge is 0.271 e. The number of primary amides is 1. The van der Waals surface area contributed by atoms with Gasteiger partial charge in [-0.25, -0.2) is 4.98 Å². The van der Waals surface area contributed by atoms with Crippen LogP contribution in [-0.2, 0) is 0 Å². The largest absolute Gasteiger partial charge is 0.461 e. The molecule has 0 aromatic carbocycles. The lowest BCUT2D eigenvalue weighted by atomic mass is 10.2. The predicted molar refractivity (Wildman–Crippen MR) is 50.2 cm³/mol. The Bertz CT molecular complexity index is 478. The van der Waals surface area contributed by atoms with E-state index < -0.39 is 5.91 Å². The second-order valence-corrected chi connectivity index (χ2v) is 3.34. The van der Waals surface area contributed by atoms with Crippen LogP contribution in [-0.4, -0.2) is 10.9 Å². The monoisotopic (exact) mass is 240 g/mol. The van der Waals surface area contributed by atoms with Crippen LogP contribution >= 0.6 is 15.9 Å². The van der Waals surface area contributed by atoms with Gasteiger partial charge in [0.05, 0.1) is 4.47 Å². The lowest BCUT2D eigenvalue weighted by Crippen LogP contribution is -2.12. The maximum absolute atomic E-state index is 10.9. The van der Waals surface area contributed by atoms with Gasteiger partial charge in [-0.05, 0) is 22.0 Å². The first kappa shape index (κ1) is 8.25. The Morgan fingerprint density at radius 1 is 1.62 bits per heavy atom. The molecule has 66 valence electrons. The molecule has 5 heteroatoms. The number of furan rings is 1. The number of aromatic nitrogens is 1. The Morgan fingerprint density at radius 3 is 3.08 bits per heavy atom. The van der Waals surface area contributed by atoms with E-state index in [4.69, 9.17) is 10.2 Å². The Balaban J connectivity index is 2.84. The minimum Gasteiger partial charge on any atom is -0.461 e. The van der Waals surface area contributed by atoms with Crippen LogP contribution in [0.5, 0.6) is 0 Å². The first-order valence-electron chi connectivity index (χ1n) is 3.51. The lowest BCUT2D eigenvalue weighted by Gasteiger charge is -1.94. The number of fused-ring (bicyclic) bond motifs is 1. The molecule has 0 radical (unpaired) electrons. The molecule has 0 saturated heterocycles. The number of amides is 1. The van der Waals surface area contributed by atoms with Crippen LogP contribution in [0.4, 0.5) is 0 Å². The summed E-state index contributed by atoms with van der Waals surface area (Å²) in [4.78, 5) is 14.7. The van der Waals surface area contributed by atoms with E-state index in [-0.39, 0.29) is 5.69 Å². The van der Waals surface area contributed by atoms with Gasteiger partial charge in [0.25, 0.3) is 5.91 Å². The first-order chi connectivity index (χ1) is 6.20. The van der Waals surface area contributed by atoms with Crippen molar-refractivity contribution >= 4 is 32.8 Å². The van der Waals surface area contributed by atoms with Crippen molar-refractivity contribution in [3.05, 3.63) is 28.7 Å². The maximum atomic E-state index is 10.9. The summed E-state index contributed by atoms with van der Waals surface area (Å²) < 4.78 is 5.92. The molecule has 0 aliphatic heterocycles. The molecule has 2 N–H and O–H groups in total. The minimum atomic E-state index is -0.590. The van der Waals surface area contributed by atoms with E-state index in [1.54, 1.807) is 6.07 Å². The normalized spacial score (nSPS) is 10.5. The molecule has 0 saturated carbocycles. The maximum Gasteiger partial charge on any atom is 0.271 e. The van der Waals surface area contributed by atoms with E-state index >= 15 is 0 Å². The van der Waals surface area contributed by atoms with E-state index in [1.807, 2.05) is 0 Å². The molecule has 0 atom stereocenters. The summed E-state index contributed by atoms with van der Waals surface area (Å²) in [6.45, 7) is 0. The lowest BCUT2D eigenvalue weighted by molar-refractivity contribution is 0.0996. The number of nitrogens with two attached hydrogens (primary N) is 1. The average molecular weight is 241 g/mol. The van der Waals surface area contributed by atoms with Crippen molar-refractivity contribution in [2.45, 2.75) is 0 Å². The fraction of sp³-hybridized carbons (Fsp3) is 0. The fourth-order valence-electron chi connectivity index (χ4n) is 1.11. The highest BCUT2D eigenvalue weighted by atomic mass is 79.9. The molecule has 1 amide bonds. The van der Waals surface area contributed by atoms with Crippen molar-refractivity contribution in [2.75, 3.05) is 0 Å². The molecule has 2 aromatic heterocycles. The summed E-state index contributed by atoms with van der Waals surface area (Å²) in [7, 11) is 0. The van der Waals surface area contributed by atoms with Gasteiger partial charge in [0, 0.05) is 11.6 Å². The van der Waals surface area contributed by atoms with Gasteiger partial charge in [-0.1, -0.05) is 0 Å². The summed E-state index contributed by atoms with van der Waals surface area (Å²) in [5.41, 5.74) is 5.69. The molecular weight excluding hydrogens is 236 g/mol. The zero-order valence-electron chi connectivity index (χ0n) is 6.45.